The van der Waals surface area contributed by atoms with E-state index in [2.05, 4.69) is 19.9 Å². The van der Waals surface area contributed by atoms with Crippen LogP contribution in [-0.2, 0) is 4.74 Å². The van der Waals surface area contributed by atoms with E-state index in [-0.39, 0.29) is 5.95 Å². The Kier molecular flexibility index (Phi) is 3.55. The Bertz CT molecular complexity index is 858. The van der Waals surface area contributed by atoms with E-state index in [4.69, 9.17) is 15.5 Å². The number of hydrogen-bond acceptors (Lipinski definition) is 8. The van der Waals surface area contributed by atoms with Crippen molar-refractivity contribution in [2.45, 2.75) is 6.92 Å². The quantitative estimate of drug-likeness (QED) is 0.768. The third kappa shape index (κ3) is 2.60. The maximum atomic E-state index is 5.64. The van der Waals surface area contributed by atoms with Gasteiger partial charge in [-0.25, -0.2) is 19.9 Å². The summed E-state index contributed by atoms with van der Waals surface area (Å²) in [7, 11) is 0. The van der Waals surface area contributed by atoms with Crippen LogP contribution in [-0.4, -0.2) is 46.2 Å². The molecule has 7 nitrogen and oxygen atoms in total. The second kappa shape index (κ2) is 5.71. The van der Waals surface area contributed by atoms with Crippen LogP contribution in [0.25, 0.3) is 21.6 Å². The number of nitrogens with zero attached hydrogens (tertiary/aromatic N) is 5. The highest BCUT2D eigenvalue weighted by atomic mass is 32.1. The van der Waals surface area contributed by atoms with E-state index in [1.54, 1.807) is 17.5 Å². The molecule has 0 radical (unpaired) electrons. The van der Waals surface area contributed by atoms with E-state index in [0.29, 0.717) is 5.82 Å². The van der Waals surface area contributed by atoms with Gasteiger partial charge in [0.05, 0.1) is 34.7 Å². The molecule has 0 aromatic carbocycles. The minimum absolute atomic E-state index is 0.260. The Labute approximate surface area is 137 Å². The minimum atomic E-state index is 0.260. The van der Waals surface area contributed by atoms with Crippen LogP contribution in [0.5, 0.6) is 0 Å². The molecular weight excluding hydrogens is 312 g/mol. The van der Waals surface area contributed by atoms with Gasteiger partial charge in [0.25, 0.3) is 0 Å². The van der Waals surface area contributed by atoms with Crippen molar-refractivity contribution in [1.29, 1.82) is 0 Å². The second-order valence-corrected chi connectivity index (χ2v) is 6.25. The molecule has 2 N–H and O–H groups in total. The van der Waals surface area contributed by atoms with Gasteiger partial charge in [0.15, 0.2) is 11.6 Å². The number of anilines is 2. The number of aromatic nitrogens is 4. The molecule has 23 heavy (non-hydrogen) atoms. The molecule has 0 spiro atoms. The second-order valence-electron chi connectivity index (χ2n) is 5.33. The summed E-state index contributed by atoms with van der Waals surface area (Å²) in [6.45, 7) is 5.00. The predicted octanol–water partition coefficient (Wildman–Crippen LogP) is 1.88. The molecule has 4 rings (SSSR count). The maximum Gasteiger partial charge on any atom is 0.220 e. The van der Waals surface area contributed by atoms with Crippen LogP contribution in [0, 0.1) is 6.92 Å². The lowest BCUT2D eigenvalue weighted by atomic mass is 10.2. The van der Waals surface area contributed by atoms with Crippen LogP contribution in [0.3, 0.4) is 0 Å². The summed E-state index contributed by atoms with van der Waals surface area (Å²) in [5.74, 6) is 1.85. The number of nitrogen functional groups attached to an aromatic ring is 1. The van der Waals surface area contributed by atoms with Gasteiger partial charge in [0, 0.05) is 19.3 Å². The monoisotopic (exact) mass is 328 g/mol. The van der Waals surface area contributed by atoms with Crippen LogP contribution in [0.1, 0.15) is 5.69 Å². The molecule has 0 atom stereocenters. The zero-order valence-corrected chi connectivity index (χ0v) is 13.5. The average Bonchev–Trinajstić information content (AvgIpc) is 3.03. The van der Waals surface area contributed by atoms with Gasteiger partial charge >= 0.3 is 0 Å². The van der Waals surface area contributed by atoms with Crippen LogP contribution < -0.4 is 10.6 Å². The van der Waals surface area contributed by atoms with E-state index < -0.39 is 0 Å². The van der Waals surface area contributed by atoms with E-state index in [1.807, 2.05) is 18.4 Å². The predicted molar refractivity (Wildman–Crippen MR) is 90.6 cm³/mol. The number of hydrogen-bond donors (Lipinski definition) is 1. The highest BCUT2D eigenvalue weighted by molar-refractivity contribution is 7.17. The molecule has 0 amide bonds. The zero-order valence-electron chi connectivity index (χ0n) is 12.7. The molecule has 4 heterocycles. The smallest absolute Gasteiger partial charge is 0.220 e. The fraction of sp³-hybridized carbons (Fsp3) is 0.333. The van der Waals surface area contributed by atoms with Crippen LogP contribution in [0.15, 0.2) is 17.6 Å². The van der Waals surface area contributed by atoms with Gasteiger partial charge in [0.1, 0.15) is 0 Å². The molecule has 0 aliphatic carbocycles. The first-order valence-electron chi connectivity index (χ1n) is 7.40. The molecule has 118 valence electrons. The number of aryl methyl sites for hydroxylation is 1. The maximum absolute atomic E-state index is 5.64. The van der Waals surface area contributed by atoms with Crippen molar-refractivity contribution >= 4 is 33.3 Å². The third-order valence-corrected chi connectivity index (χ3v) is 4.73. The van der Waals surface area contributed by atoms with Crippen molar-refractivity contribution in [2.24, 2.45) is 0 Å². The molecule has 1 saturated heterocycles. The molecule has 0 saturated carbocycles. The summed E-state index contributed by atoms with van der Waals surface area (Å²) in [4.78, 5) is 20.0. The SMILES string of the molecule is Cc1nc(N)ncc1-c1nc(N2CCOCC2)c2sccc2n1. The first kappa shape index (κ1) is 14.3. The molecule has 3 aromatic heterocycles. The van der Waals surface area contributed by atoms with Gasteiger partial charge in [-0.05, 0) is 18.4 Å². The fourth-order valence-electron chi connectivity index (χ4n) is 2.66. The zero-order chi connectivity index (χ0) is 15.8. The van der Waals surface area contributed by atoms with Crippen LogP contribution >= 0.6 is 11.3 Å². The molecule has 1 aliphatic heterocycles. The lowest BCUT2D eigenvalue weighted by Gasteiger charge is -2.28. The van der Waals surface area contributed by atoms with Crippen molar-refractivity contribution in [3.05, 3.63) is 23.3 Å². The highest BCUT2D eigenvalue weighted by Crippen LogP contribution is 2.32. The number of nitrogens with two attached hydrogens (primary N) is 1. The molecule has 1 fully saturated rings. The molecular formula is C15H16N6OS. The average molecular weight is 328 g/mol. The standard InChI is InChI=1S/C15H16N6OS/c1-9-10(8-17-15(16)18-9)13-19-11-2-7-23-12(11)14(20-13)21-3-5-22-6-4-21/h2,7-8H,3-6H2,1H3,(H2,16,17,18). The Balaban J connectivity index is 1.87. The Morgan fingerprint density at radius 1 is 1.22 bits per heavy atom. The summed E-state index contributed by atoms with van der Waals surface area (Å²) < 4.78 is 6.55. The lowest BCUT2D eigenvalue weighted by Crippen LogP contribution is -2.36. The van der Waals surface area contributed by atoms with Gasteiger partial charge in [-0.3, -0.25) is 0 Å². The highest BCUT2D eigenvalue weighted by Gasteiger charge is 2.19. The molecule has 8 heteroatoms. The number of morpholine rings is 1. The van der Waals surface area contributed by atoms with Crippen molar-refractivity contribution in [1.82, 2.24) is 19.9 Å². The Morgan fingerprint density at radius 3 is 2.83 bits per heavy atom. The summed E-state index contributed by atoms with van der Waals surface area (Å²) in [5, 5.41) is 2.04. The van der Waals surface area contributed by atoms with Gasteiger partial charge in [-0.1, -0.05) is 0 Å². The first-order valence-corrected chi connectivity index (χ1v) is 8.28. The molecule has 3 aromatic rings. The number of thiophene rings is 1. The van der Waals surface area contributed by atoms with Crippen LogP contribution in [0.4, 0.5) is 11.8 Å². The Hall–Kier alpha value is -2.32. The van der Waals surface area contributed by atoms with Crippen molar-refractivity contribution < 1.29 is 4.74 Å². The molecule has 0 unspecified atom stereocenters. The molecule has 0 bridgehead atoms. The number of ether oxygens (including phenoxy) is 1. The van der Waals surface area contributed by atoms with Crippen molar-refractivity contribution in [3.63, 3.8) is 0 Å². The fourth-order valence-corrected chi connectivity index (χ4v) is 3.51. The van der Waals surface area contributed by atoms with Gasteiger partial charge in [-0.2, -0.15) is 0 Å². The van der Waals surface area contributed by atoms with Crippen molar-refractivity contribution in [3.8, 4) is 11.4 Å². The molecule has 1 aliphatic rings. The summed E-state index contributed by atoms with van der Waals surface area (Å²) >= 11 is 1.66. The van der Waals surface area contributed by atoms with Crippen molar-refractivity contribution in [2.75, 3.05) is 36.9 Å². The minimum Gasteiger partial charge on any atom is -0.378 e. The van der Waals surface area contributed by atoms with Gasteiger partial charge in [0.2, 0.25) is 5.95 Å². The van der Waals surface area contributed by atoms with E-state index in [1.165, 1.54) is 0 Å². The largest absolute Gasteiger partial charge is 0.378 e. The topological polar surface area (TPSA) is 90.0 Å². The van der Waals surface area contributed by atoms with E-state index in [9.17, 15) is 0 Å². The first-order chi connectivity index (χ1) is 11.2. The summed E-state index contributed by atoms with van der Waals surface area (Å²) in [6.07, 6.45) is 1.69. The van der Waals surface area contributed by atoms with Gasteiger partial charge < -0.3 is 15.4 Å². The third-order valence-electron chi connectivity index (χ3n) is 3.84. The van der Waals surface area contributed by atoms with Crippen LogP contribution in [0.2, 0.25) is 0 Å². The normalized spacial score (nSPS) is 15.3. The summed E-state index contributed by atoms with van der Waals surface area (Å²) in [5.41, 5.74) is 8.17. The lowest BCUT2D eigenvalue weighted by molar-refractivity contribution is 0.122. The number of fused-ring (bicyclic) bond motifs is 1. The summed E-state index contributed by atoms with van der Waals surface area (Å²) in [6, 6.07) is 2.02. The van der Waals surface area contributed by atoms with E-state index in [0.717, 1.165) is 53.6 Å². The van der Waals surface area contributed by atoms with Gasteiger partial charge in [-0.15, -0.1) is 11.3 Å². The number of rotatable bonds is 2. The van der Waals surface area contributed by atoms with E-state index >= 15 is 0 Å². The Morgan fingerprint density at radius 2 is 2.04 bits per heavy atom.